The molecular formula is C12H20N2O. The molecule has 0 aliphatic rings. The van der Waals surface area contributed by atoms with Crippen molar-refractivity contribution in [1.29, 1.82) is 0 Å². The predicted octanol–water partition coefficient (Wildman–Crippen LogP) is 1.69. The summed E-state index contributed by atoms with van der Waals surface area (Å²) in [5.74, 6) is 0.900. The Morgan fingerprint density at radius 2 is 1.93 bits per heavy atom. The van der Waals surface area contributed by atoms with Gasteiger partial charge in [-0.2, -0.15) is 0 Å². The third-order valence-corrected chi connectivity index (χ3v) is 2.23. The summed E-state index contributed by atoms with van der Waals surface area (Å²) in [6, 6.07) is 8.02. The van der Waals surface area contributed by atoms with Crippen LogP contribution in [0, 0.1) is 0 Å². The fourth-order valence-corrected chi connectivity index (χ4v) is 1.40. The Hall–Kier alpha value is -1.06. The zero-order valence-corrected chi connectivity index (χ0v) is 9.49. The molecule has 0 fully saturated rings. The van der Waals surface area contributed by atoms with Crippen LogP contribution >= 0.6 is 0 Å². The summed E-state index contributed by atoms with van der Waals surface area (Å²) in [4.78, 5) is 0. The third-order valence-electron chi connectivity index (χ3n) is 2.23. The summed E-state index contributed by atoms with van der Waals surface area (Å²) in [6.45, 7) is 6.51. The van der Waals surface area contributed by atoms with Gasteiger partial charge in [-0.05, 0) is 31.2 Å². The highest BCUT2D eigenvalue weighted by molar-refractivity contribution is 5.29. The first kappa shape index (κ1) is 12.0. The van der Waals surface area contributed by atoms with Crippen LogP contribution in [0.2, 0.25) is 0 Å². The van der Waals surface area contributed by atoms with Gasteiger partial charge < -0.3 is 15.8 Å². The van der Waals surface area contributed by atoms with E-state index in [0.717, 1.165) is 24.4 Å². The van der Waals surface area contributed by atoms with Crippen LogP contribution in [0.15, 0.2) is 24.3 Å². The topological polar surface area (TPSA) is 47.3 Å². The van der Waals surface area contributed by atoms with Gasteiger partial charge >= 0.3 is 0 Å². The first-order chi connectivity index (χ1) is 7.27. The van der Waals surface area contributed by atoms with Crippen molar-refractivity contribution < 1.29 is 4.74 Å². The lowest BCUT2D eigenvalue weighted by Gasteiger charge is -2.12. The fourth-order valence-electron chi connectivity index (χ4n) is 1.40. The molecule has 1 aromatic carbocycles. The van der Waals surface area contributed by atoms with Crippen LogP contribution in [-0.4, -0.2) is 19.7 Å². The van der Waals surface area contributed by atoms with Crippen LogP contribution in [-0.2, 0) is 0 Å². The minimum atomic E-state index is 0.0561. The summed E-state index contributed by atoms with van der Waals surface area (Å²) < 4.78 is 5.37. The lowest BCUT2D eigenvalue weighted by molar-refractivity contribution is 0.340. The number of nitrogens with two attached hydrogens (primary N) is 1. The normalized spacial score (nSPS) is 12.5. The van der Waals surface area contributed by atoms with Crippen molar-refractivity contribution in [1.82, 2.24) is 5.32 Å². The molecule has 0 aliphatic heterocycles. The molecule has 0 radical (unpaired) electrons. The molecule has 1 atom stereocenters. The number of benzene rings is 1. The molecule has 1 rings (SSSR count). The second-order valence-electron chi connectivity index (χ2n) is 3.42. The van der Waals surface area contributed by atoms with Crippen molar-refractivity contribution in [3.8, 4) is 5.75 Å². The smallest absolute Gasteiger partial charge is 0.119 e. The van der Waals surface area contributed by atoms with E-state index < -0.39 is 0 Å². The first-order valence-electron chi connectivity index (χ1n) is 5.47. The predicted molar refractivity (Wildman–Crippen MR) is 63.1 cm³/mol. The average Bonchev–Trinajstić information content (AvgIpc) is 2.27. The SMILES string of the molecule is CCNCC(N)c1ccc(OCC)cc1. The van der Waals surface area contributed by atoms with Crippen molar-refractivity contribution in [3.63, 3.8) is 0 Å². The van der Waals surface area contributed by atoms with E-state index in [1.165, 1.54) is 0 Å². The van der Waals surface area contributed by atoms with Crippen LogP contribution < -0.4 is 15.8 Å². The van der Waals surface area contributed by atoms with E-state index in [2.05, 4.69) is 12.2 Å². The molecule has 3 N–H and O–H groups in total. The summed E-state index contributed by atoms with van der Waals surface area (Å²) >= 11 is 0. The van der Waals surface area contributed by atoms with Crippen LogP contribution in [0.4, 0.5) is 0 Å². The maximum Gasteiger partial charge on any atom is 0.119 e. The quantitative estimate of drug-likeness (QED) is 0.748. The Bertz CT molecular complexity index is 271. The average molecular weight is 208 g/mol. The van der Waals surface area contributed by atoms with E-state index in [4.69, 9.17) is 10.5 Å². The number of ether oxygens (including phenoxy) is 1. The molecule has 0 aromatic heterocycles. The van der Waals surface area contributed by atoms with Crippen LogP contribution in [0.1, 0.15) is 25.5 Å². The van der Waals surface area contributed by atoms with E-state index in [1.54, 1.807) is 0 Å². The van der Waals surface area contributed by atoms with Crippen LogP contribution in [0.25, 0.3) is 0 Å². The Morgan fingerprint density at radius 1 is 1.27 bits per heavy atom. The summed E-state index contributed by atoms with van der Waals surface area (Å²) in [5.41, 5.74) is 7.14. The van der Waals surface area contributed by atoms with Crippen LogP contribution in [0.5, 0.6) is 5.75 Å². The monoisotopic (exact) mass is 208 g/mol. The molecule has 3 nitrogen and oxygen atoms in total. The van der Waals surface area contributed by atoms with Gasteiger partial charge in [-0.15, -0.1) is 0 Å². The minimum Gasteiger partial charge on any atom is -0.494 e. The van der Waals surface area contributed by atoms with Gasteiger partial charge in [0, 0.05) is 12.6 Å². The van der Waals surface area contributed by atoms with Crippen molar-refractivity contribution in [3.05, 3.63) is 29.8 Å². The third kappa shape index (κ3) is 3.90. The van der Waals surface area contributed by atoms with Gasteiger partial charge in [-0.25, -0.2) is 0 Å². The number of hydrogen-bond acceptors (Lipinski definition) is 3. The van der Waals surface area contributed by atoms with Gasteiger partial charge in [0.2, 0.25) is 0 Å². The Morgan fingerprint density at radius 3 is 2.47 bits per heavy atom. The van der Waals surface area contributed by atoms with Gasteiger partial charge in [0.25, 0.3) is 0 Å². The lowest BCUT2D eigenvalue weighted by Crippen LogP contribution is -2.26. The van der Waals surface area contributed by atoms with Gasteiger partial charge in [-0.1, -0.05) is 19.1 Å². The molecule has 3 heteroatoms. The molecule has 1 unspecified atom stereocenters. The zero-order chi connectivity index (χ0) is 11.1. The molecule has 15 heavy (non-hydrogen) atoms. The van der Waals surface area contributed by atoms with Crippen molar-refractivity contribution in [2.75, 3.05) is 19.7 Å². The molecule has 84 valence electrons. The summed E-state index contributed by atoms with van der Waals surface area (Å²) in [7, 11) is 0. The largest absolute Gasteiger partial charge is 0.494 e. The number of nitrogens with one attached hydrogen (secondary N) is 1. The molecule has 0 aliphatic carbocycles. The highest BCUT2D eigenvalue weighted by Crippen LogP contribution is 2.15. The van der Waals surface area contributed by atoms with E-state index in [-0.39, 0.29) is 6.04 Å². The van der Waals surface area contributed by atoms with Gasteiger partial charge in [0.05, 0.1) is 6.61 Å². The molecule has 0 saturated heterocycles. The summed E-state index contributed by atoms with van der Waals surface area (Å²) in [6.07, 6.45) is 0. The van der Waals surface area contributed by atoms with Crippen LogP contribution in [0.3, 0.4) is 0 Å². The zero-order valence-electron chi connectivity index (χ0n) is 9.49. The molecule has 0 bridgehead atoms. The standard InChI is InChI=1S/C12H20N2O/c1-3-14-9-12(13)10-5-7-11(8-6-10)15-4-2/h5-8,12,14H,3-4,9,13H2,1-2H3. The minimum absolute atomic E-state index is 0.0561. The number of likely N-dealkylation sites (N-methyl/N-ethyl adjacent to an activating group) is 1. The molecule has 0 spiro atoms. The Balaban J connectivity index is 2.54. The lowest BCUT2D eigenvalue weighted by atomic mass is 10.1. The second kappa shape index (κ2) is 6.43. The van der Waals surface area contributed by atoms with Gasteiger partial charge in [0.15, 0.2) is 0 Å². The first-order valence-corrected chi connectivity index (χ1v) is 5.47. The Kier molecular flexibility index (Phi) is 5.15. The van der Waals surface area contributed by atoms with Gasteiger partial charge in [-0.3, -0.25) is 0 Å². The van der Waals surface area contributed by atoms with E-state index >= 15 is 0 Å². The van der Waals surface area contributed by atoms with E-state index in [0.29, 0.717) is 6.61 Å². The molecular weight excluding hydrogens is 188 g/mol. The number of rotatable bonds is 6. The van der Waals surface area contributed by atoms with E-state index in [9.17, 15) is 0 Å². The Labute approximate surface area is 91.6 Å². The van der Waals surface area contributed by atoms with Crippen molar-refractivity contribution in [2.24, 2.45) is 5.73 Å². The van der Waals surface area contributed by atoms with Gasteiger partial charge in [0.1, 0.15) is 5.75 Å². The van der Waals surface area contributed by atoms with Crippen molar-refractivity contribution in [2.45, 2.75) is 19.9 Å². The maximum absolute atomic E-state index is 6.00. The maximum atomic E-state index is 6.00. The number of hydrogen-bond donors (Lipinski definition) is 2. The molecule has 0 saturated carbocycles. The molecule has 0 heterocycles. The fraction of sp³-hybridized carbons (Fsp3) is 0.500. The van der Waals surface area contributed by atoms with Crippen molar-refractivity contribution >= 4 is 0 Å². The highest BCUT2D eigenvalue weighted by atomic mass is 16.5. The van der Waals surface area contributed by atoms with E-state index in [1.807, 2.05) is 31.2 Å². The molecule has 1 aromatic rings. The highest BCUT2D eigenvalue weighted by Gasteiger charge is 2.04. The second-order valence-corrected chi connectivity index (χ2v) is 3.42. The summed E-state index contributed by atoms with van der Waals surface area (Å²) in [5, 5.41) is 3.23. The molecule has 0 amide bonds.